The molecule has 3 aromatic rings. The number of aryl methyl sites for hydroxylation is 2. The number of aliphatic hydroxyl groups excluding tert-OH is 1. The van der Waals surface area contributed by atoms with Crippen LogP contribution in [-0.2, 0) is 18.4 Å². The molecule has 0 aliphatic heterocycles. The van der Waals surface area contributed by atoms with Crippen LogP contribution in [0.25, 0.3) is 11.2 Å². The van der Waals surface area contributed by atoms with Crippen LogP contribution >= 0.6 is 11.8 Å². The molecule has 0 aliphatic rings. The summed E-state index contributed by atoms with van der Waals surface area (Å²) >= 11 is 1.13. The zero-order chi connectivity index (χ0) is 21.8. The number of thioether (sulfide) groups is 1. The number of aliphatic carboxylic acids is 1. The van der Waals surface area contributed by atoms with E-state index < -0.39 is 23.3 Å². The number of aromatic nitrogens is 4. The number of hydrogen-bond acceptors (Lipinski definition) is 7. The summed E-state index contributed by atoms with van der Waals surface area (Å²) in [5, 5.41) is 19.7. The minimum absolute atomic E-state index is 0.0148. The van der Waals surface area contributed by atoms with Gasteiger partial charge in [-0.15, -0.1) is 0 Å². The second kappa shape index (κ2) is 9.18. The normalized spacial score (nSPS) is 12.2. The lowest BCUT2D eigenvalue weighted by atomic mass is 10.2. The highest BCUT2D eigenvalue weighted by atomic mass is 32.2. The van der Waals surface area contributed by atoms with Crippen molar-refractivity contribution in [3.8, 4) is 5.75 Å². The summed E-state index contributed by atoms with van der Waals surface area (Å²) in [5.41, 5.74) is -0.0204. The van der Waals surface area contributed by atoms with Gasteiger partial charge in [0, 0.05) is 12.8 Å². The molecular formula is C19H22N4O6S. The Morgan fingerprint density at radius 1 is 1.33 bits per heavy atom. The number of aliphatic hydroxyl groups is 1. The number of aromatic amines is 1. The van der Waals surface area contributed by atoms with Crippen molar-refractivity contribution in [1.82, 2.24) is 19.1 Å². The highest BCUT2D eigenvalue weighted by molar-refractivity contribution is 7.99. The fourth-order valence-corrected chi connectivity index (χ4v) is 3.82. The summed E-state index contributed by atoms with van der Waals surface area (Å²) in [6.07, 6.45) is -1.07. The van der Waals surface area contributed by atoms with Gasteiger partial charge in [-0.1, -0.05) is 30.0 Å². The van der Waals surface area contributed by atoms with Crippen molar-refractivity contribution in [3.63, 3.8) is 0 Å². The van der Waals surface area contributed by atoms with Crippen molar-refractivity contribution in [1.29, 1.82) is 0 Å². The number of H-pyrrole nitrogens is 1. The third-order valence-corrected chi connectivity index (χ3v) is 5.42. The molecule has 1 aromatic carbocycles. The lowest BCUT2D eigenvalue weighted by Crippen LogP contribution is -2.30. The van der Waals surface area contributed by atoms with E-state index in [0.717, 1.165) is 17.3 Å². The van der Waals surface area contributed by atoms with Crippen molar-refractivity contribution in [2.24, 2.45) is 7.05 Å². The smallest absolute Gasteiger partial charge is 0.329 e. The summed E-state index contributed by atoms with van der Waals surface area (Å²) in [6.45, 7) is 1.86. The highest BCUT2D eigenvalue weighted by Crippen LogP contribution is 2.23. The second-order valence-electron chi connectivity index (χ2n) is 6.72. The summed E-state index contributed by atoms with van der Waals surface area (Å²) in [4.78, 5) is 41.7. The van der Waals surface area contributed by atoms with E-state index >= 15 is 0 Å². The minimum Gasteiger partial charge on any atom is -0.491 e. The minimum atomic E-state index is -0.975. The molecule has 0 spiro atoms. The summed E-state index contributed by atoms with van der Waals surface area (Å²) in [6, 6.07) is 7.40. The predicted octanol–water partition coefficient (Wildman–Crippen LogP) is 0.738. The Kier molecular flexibility index (Phi) is 6.63. The van der Waals surface area contributed by atoms with Gasteiger partial charge in [0.25, 0.3) is 5.56 Å². The Morgan fingerprint density at radius 3 is 2.77 bits per heavy atom. The maximum Gasteiger partial charge on any atom is 0.329 e. The number of carbonyl (C=O) groups is 1. The molecule has 2 aromatic heterocycles. The van der Waals surface area contributed by atoms with Crippen molar-refractivity contribution < 1.29 is 19.7 Å². The van der Waals surface area contributed by atoms with E-state index in [-0.39, 0.29) is 36.5 Å². The quantitative estimate of drug-likeness (QED) is 0.419. The Morgan fingerprint density at radius 2 is 2.07 bits per heavy atom. The van der Waals surface area contributed by atoms with E-state index in [9.17, 15) is 19.5 Å². The first-order valence-electron chi connectivity index (χ1n) is 9.18. The van der Waals surface area contributed by atoms with E-state index in [2.05, 4.69) is 9.97 Å². The van der Waals surface area contributed by atoms with E-state index in [0.29, 0.717) is 10.9 Å². The van der Waals surface area contributed by atoms with Gasteiger partial charge in [-0.3, -0.25) is 19.1 Å². The number of nitrogens with zero attached hydrogens (tertiary/aromatic N) is 3. The van der Waals surface area contributed by atoms with Crippen LogP contribution in [0.5, 0.6) is 5.75 Å². The largest absolute Gasteiger partial charge is 0.491 e. The number of carboxylic acids is 1. The molecule has 3 N–H and O–H groups in total. The second-order valence-corrected chi connectivity index (χ2v) is 7.78. The van der Waals surface area contributed by atoms with Crippen LogP contribution in [0, 0.1) is 6.92 Å². The molecule has 0 fully saturated rings. The average Bonchev–Trinajstić information content (AvgIpc) is 3.04. The maximum absolute atomic E-state index is 12.4. The molecule has 0 radical (unpaired) electrons. The van der Waals surface area contributed by atoms with Gasteiger partial charge in [-0.25, -0.2) is 9.78 Å². The molecule has 0 saturated carbocycles. The van der Waals surface area contributed by atoms with Crippen LogP contribution in [-0.4, -0.2) is 53.7 Å². The predicted molar refractivity (Wildman–Crippen MR) is 111 cm³/mol. The van der Waals surface area contributed by atoms with Gasteiger partial charge >= 0.3 is 11.7 Å². The lowest BCUT2D eigenvalue weighted by molar-refractivity contribution is -0.136. The number of ether oxygens (including phenoxy) is 1. The van der Waals surface area contributed by atoms with Gasteiger partial charge < -0.3 is 19.5 Å². The molecule has 2 heterocycles. The van der Waals surface area contributed by atoms with Crippen LogP contribution in [0.3, 0.4) is 0 Å². The Hall–Kier alpha value is -3.05. The average molecular weight is 434 g/mol. The molecule has 0 aliphatic carbocycles. The maximum atomic E-state index is 12.4. The van der Waals surface area contributed by atoms with E-state index in [1.165, 1.54) is 16.2 Å². The van der Waals surface area contributed by atoms with E-state index in [4.69, 9.17) is 9.84 Å². The summed E-state index contributed by atoms with van der Waals surface area (Å²) < 4.78 is 8.37. The van der Waals surface area contributed by atoms with Gasteiger partial charge in [-0.2, -0.15) is 0 Å². The number of fused-ring (bicyclic) bond motifs is 1. The van der Waals surface area contributed by atoms with Gasteiger partial charge in [0.05, 0.1) is 13.0 Å². The highest BCUT2D eigenvalue weighted by Gasteiger charge is 2.20. The van der Waals surface area contributed by atoms with Crippen LogP contribution in [0.4, 0.5) is 0 Å². The van der Waals surface area contributed by atoms with Crippen LogP contribution < -0.4 is 16.0 Å². The molecular weight excluding hydrogens is 412 g/mol. The van der Waals surface area contributed by atoms with Gasteiger partial charge in [-0.05, 0) is 18.6 Å². The van der Waals surface area contributed by atoms with Crippen LogP contribution in [0.15, 0.2) is 39.0 Å². The first-order chi connectivity index (χ1) is 14.3. The van der Waals surface area contributed by atoms with Crippen LogP contribution in [0.2, 0.25) is 0 Å². The fourth-order valence-electron chi connectivity index (χ4n) is 2.89. The first-order valence-corrected chi connectivity index (χ1v) is 10.2. The molecule has 160 valence electrons. The van der Waals surface area contributed by atoms with Crippen molar-refractivity contribution in [2.45, 2.75) is 31.1 Å². The third kappa shape index (κ3) is 4.74. The molecule has 0 bridgehead atoms. The Balaban J connectivity index is 1.88. The lowest BCUT2D eigenvalue weighted by Gasteiger charge is -2.16. The van der Waals surface area contributed by atoms with Crippen molar-refractivity contribution >= 4 is 28.9 Å². The molecule has 30 heavy (non-hydrogen) atoms. The Labute approximate surface area is 175 Å². The monoisotopic (exact) mass is 434 g/mol. The van der Waals surface area contributed by atoms with Crippen LogP contribution in [0.1, 0.15) is 12.0 Å². The Bertz CT molecular complexity index is 1180. The molecule has 0 amide bonds. The van der Waals surface area contributed by atoms with Gasteiger partial charge in [0.15, 0.2) is 16.3 Å². The zero-order valence-electron chi connectivity index (χ0n) is 16.5. The van der Waals surface area contributed by atoms with Gasteiger partial charge in [0.2, 0.25) is 0 Å². The number of carboxylic acid groups (broad SMARTS) is 1. The number of nitrogens with one attached hydrogen (secondary N) is 1. The number of hydrogen-bond donors (Lipinski definition) is 3. The zero-order valence-corrected chi connectivity index (χ0v) is 17.3. The molecule has 3 rings (SSSR count). The topological polar surface area (TPSA) is 139 Å². The molecule has 0 unspecified atom stereocenters. The fraction of sp³-hybridized carbons (Fsp3) is 0.368. The number of rotatable bonds is 9. The third-order valence-electron chi connectivity index (χ3n) is 4.44. The number of benzene rings is 1. The molecule has 10 nitrogen and oxygen atoms in total. The molecule has 0 saturated heterocycles. The summed E-state index contributed by atoms with van der Waals surface area (Å²) in [7, 11) is 1.47. The van der Waals surface area contributed by atoms with Crippen molar-refractivity contribution in [3.05, 3.63) is 50.7 Å². The summed E-state index contributed by atoms with van der Waals surface area (Å²) in [5.74, 6) is -0.0919. The first kappa shape index (κ1) is 21.7. The van der Waals surface area contributed by atoms with Crippen molar-refractivity contribution in [2.75, 3.05) is 12.4 Å². The number of para-hydroxylation sites is 1. The van der Waals surface area contributed by atoms with E-state index in [1.807, 2.05) is 25.1 Å². The van der Waals surface area contributed by atoms with Gasteiger partial charge in [0.1, 0.15) is 18.5 Å². The van der Waals surface area contributed by atoms with E-state index in [1.54, 1.807) is 6.07 Å². The molecule has 1 atom stereocenters. The molecule has 11 heteroatoms. The standard InChI is InChI=1S/C19H22N4O6S/c1-11-5-3-4-6-13(11)29-10-12(24)9-23-15-16(22(2)18(28)21-17(15)27)20-19(23)30-8-7-14(25)26/h3-6,12,24H,7-10H2,1-2H3,(H,25,26)(H,21,27,28)/t12-/m1/s1. The SMILES string of the molecule is Cc1ccccc1OC[C@H](O)Cn1c(SCCC(=O)O)nc2c1c(=O)[nH]c(=O)n2C. The number of imidazole rings is 1.